The van der Waals surface area contributed by atoms with Gasteiger partial charge >= 0.3 is 5.97 Å². The molecule has 4 rings (SSSR count). The number of ether oxygens (including phenoxy) is 3. The lowest BCUT2D eigenvalue weighted by Crippen LogP contribution is -2.05. The number of nitro groups is 1. The van der Waals surface area contributed by atoms with E-state index in [9.17, 15) is 14.9 Å². The minimum atomic E-state index is -0.620. The van der Waals surface area contributed by atoms with Crippen molar-refractivity contribution < 1.29 is 23.9 Å². The number of hydrogen-bond donors (Lipinski definition) is 0. The number of non-ortho nitro benzene ring substituents is 1. The first-order valence-electron chi connectivity index (χ1n) is 9.75. The van der Waals surface area contributed by atoms with Gasteiger partial charge in [-0.1, -0.05) is 29.8 Å². The first-order valence-corrected chi connectivity index (χ1v) is 10.1. The molecule has 0 aliphatic carbocycles. The van der Waals surface area contributed by atoms with Crippen LogP contribution in [0.3, 0.4) is 0 Å². The van der Waals surface area contributed by atoms with Crippen LogP contribution >= 0.6 is 11.6 Å². The average molecular weight is 465 g/mol. The van der Waals surface area contributed by atoms with Crippen molar-refractivity contribution in [2.24, 2.45) is 4.99 Å². The minimum absolute atomic E-state index is 0.0649. The van der Waals surface area contributed by atoms with Gasteiger partial charge in [-0.3, -0.25) is 10.1 Å². The van der Waals surface area contributed by atoms with Crippen LogP contribution in [-0.2, 0) is 16.1 Å². The number of hydrogen-bond acceptors (Lipinski definition) is 7. The molecule has 0 bridgehead atoms. The summed E-state index contributed by atoms with van der Waals surface area (Å²) in [5, 5.41) is 11.5. The van der Waals surface area contributed by atoms with Gasteiger partial charge in [0.15, 0.2) is 17.2 Å². The number of aliphatic imine (C=N–C) groups is 1. The van der Waals surface area contributed by atoms with Crippen LogP contribution in [0.2, 0.25) is 5.02 Å². The molecular weight excluding hydrogens is 448 g/mol. The predicted molar refractivity (Wildman–Crippen MR) is 122 cm³/mol. The lowest BCUT2D eigenvalue weighted by Gasteiger charge is -2.11. The molecule has 0 fully saturated rings. The van der Waals surface area contributed by atoms with Gasteiger partial charge in [0.2, 0.25) is 5.90 Å². The van der Waals surface area contributed by atoms with E-state index in [0.29, 0.717) is 34.3 Å². The van der Waals surface area contributed by atoms with Gasteiger partial charge in [-0.25, -0.2) is 9.79 Å². The van der Waals surface area contributed by atoms with Gasteiger partial charge in [-0.15, -0.1) is 0 Å². The summed E-state index contributed by atoms with van der Waals surface area (Å²) in [6, 6.07) is 18.1. The maximum atomic E-state index is 12.3. The normalized spacial score (nSPS) is 14.1. The summed E-state index contributed by atoms with van der Waals surface area (Å²) in [4.78, 5) is 26.8. The molecule has 0 amide bonds. The summed E-state index contributed by atoms with van der Waals surface area (Å²) in [6.45, 7) is 0.336. The fourth-order valence-corrected chi connectivity index (χ4v) is 3.18. The molecule has 3 aromatic rings. The van der Waals surface area contributed by atoms with Gasteiger partial charge in [-0.2, -0.15) is 0 Å². The average Bonchev–Trinajstić information content (AvgIpc) is 3.19. The van der Waals surface area contributed by atoms with E-state index in [1.807, 2.05) is 12.1 Å². The number of rotatable bonds is 7. The Hall–Kier alpha value is -4.17. The third-order valence-electron chi connectivity index (χ3n) is 4.74. The molecule has 0 unspecified atom stereocenters. The van der Waals surface area contributed by atoms with E-state index < -0.39 is 10.9 Å². The fraction of sp³-hybridized carbons (Fsp3) is 0.0833. The zero-order valence-electron chi connectivity index (χ0n) is 17.4. The summed E-state index contributed by atoms with van der Waals surface area (Å²) in [7, 11) is 1.52. The van der Waals surface area contributed by atoms with E-state index >= 15 is 0 Å². The largest absolute Gasteiger partial charge is 0.493 e. The molecule has 0 aromatic heterocycles. The number of benzene rings is 3. The Morgan fingerprint density at radius 2 is 1.79 bits per heavy atom. The van der Waals surface area contributed by atoms with Gasteiger partial charge in [0.1, 0.15) is 6.61 Å². The highest BCUT2D eigenvalue weighted by Gasteiger charge is 2.24. The van der Waals surface area contributed by atoms with Crippen LogP contribution in [-0.4, -0.2) is 23.9 Å². The first-order chi connectivity index (χ1) is 15.9. The molecule has 0 radical (unpaired) electrons. The van der Waals surface area contributed by atoms with Crippen molar-refractivity contribution in [2.75, 3.05) is 7.11 Å². The monoisotopic (exact) mass is 464 g/mol. The number of halogens is 1. The molecule has 0 spiro atoms. The quantitative estimate of drug-likeness (QED) is 0.207. The van der Waals surface area contributed by atoms with Crippen molar-refractivity contribution in [3.05, 3.63) is 104 Å². The molecule has 8 nitrogen and oxygen atoms in total. The van der Waals surface area contributed by atoms with Crippen molar-refractivity contribution in [2.45, 2.75) is 6.61 Å². The number of nitrogens with zero attached hydrogens (tertiary/aromatic N) is 2. The zero-order valence-corrected chi connectivity index (χ0v) is 18.1. The van der Waals surface area contributed by atoms with Crippen LogP contribution in [0.25, 0.3) is 6.08 Å². The summed E-state index contributed by atoms with van der Waals surface area (Å²) < 4.78 is 16.5. The summed E-state index contributed by atoms with van der Waals surface area (Å²) >= 11 is 5.90. The van der Waals surface area contributed by atoms with E-state index in [4.69, 9.17) is 25.8 Å². The van der Waals surface area contributed by atoms with Gasteiger partial charge in [0.25, 0.3) is 5.69 Å². The van der Waals surface area contributed by atoms with Crippen molar-refractivity contribution >= 4 is 35.2 Å². The van der Waals surface area contributed by atoms with Gasteiger partial charge < -0.3 is 14.2 Å². The van der Waals surface area contributed by atoms with Crippen molar-refractivity contribution in [3.8, 4) is 11.5 Å². The first kappa shape index (κ1) is 22.0. The number of carbonyl (C=O) groups excluding carboxylic acids is 1. The standard InChI is InChI=1S/C24H17ClN2O6/c1-31-22-13-16(4-11-21(22)32-14-15-2-7-18(25)8-3-15)12-20-24(28)33-23(26-20)17-5-9-19(10-6-17)27(29)30/h2-13H,14H2,1H3/b20-12-. The molecule has 0 atom stereocenters. The predicted octanol–water partition coefficient (Wildman–Crippen LogP) is 5.18. The molecular formula is C24H17ClN2O6. The number of esters is 1. The van der Waals surface area contributed by atoms with E-state index in [0.717, 1.165) is 5.56 Å². The Morgan fingerprint density at radius 1 is 1.06 bits per heavy atom. The second-order valence-electron chi connectivity index (χ2n) is 6.97. The second kappa shape index (κ2) is 9.54. The highest BCUT2D eigenvalue weighted by molar-refractivity contribution is 6.30. The van der Waals surface area contributed by atoms with Crippen molar-refractivity contribution in [1.29, 1.82) is 0 Å². The van der Waals surface area contributed by atoms with Crippen LogP contribution in [0.15, 0.2) is 77.4 Å². The Labute approximate surface area is 193 Å². The maximum absolute atomic E-state index is 12.3. The number of cyclic esters (lactones) is 1. The second-order valence-corrected chi connectivity index (χ2v) is 7.40. The molecule has 0 N–H and O–H groups in total. The van der Waals surface area contributed by atoms with Crippen LogP contribution in [0.1, 0.15) is 16.7 Å². The van der Waals surface area contributed by atoms with Crippen LogP contribution in [0.5, 0.6) is 11.5 Å². The molecule has 0 saturated heterocycles. The maximum Gasteiger partial charge on any atom is 0.363 e. The van der Waals surface area contributed by atoms with Gasteiger partial charge in [-0.05, 0) is 53.6 Å². The topological polar surface area (TPSA) is 100 Å². The van der Waals surface area contributed by atoms with Crippen molar-refractivity contribution in [3.63, 3.8) is 0 Å². The number of methoxy groups -OCH3 is 1. The summed E-state index contributed by atoms with van der Waals surface area (Å²) in [6.07, 6.45) is 1.56. The lowest BCUT2D eigenvalue weighted by molar-refractivity contribution is -0.384. The lowest BCUT2D eigenvalue weighted by atomic mass is 10.1. The van der Waals surface area contributed by atoms with E-state index in [1.54, 1.807) is 36.4 Å². The Morgan fingerprint density at radius 3 is 2.45 bits per heavy atom. The minimum Gasteiger partial charge on any atom is -0.493 e. The molecule has 1 aliphatic heterocycles. The zero-order chi connectivity index (χ0) is 23.4. The Balaban J connectivity index is 1.52. The highest BCUT2D eigenvalue weighted by Crippen LogP contribution is 2.30. The summed E-state index contributed by atoms with van der Waals surface area (Å²) in [5.41, 5.74) is 2.10. The number of nitro benzene ring substituents is 1. The summed E-state index contributed by atoms with van der Waals surface area (Å²) in [5.74, 6) is 0.490. The van der Waals surface area contributed by atoms with E-state index in [-0.39, 0.29) is 17.3 Å². The Bertz CT molecular complexity index is 1270. The third-order valence-corrected chi connectivity index (χ3v) is 5.00. The van der Waals surface area contributed by atoms with Gasteiger partial charge in [0.05, 0.1) is 12.0 Å². The molecule has 9 heteroatoms. The SMILES string of the molecule is COc1cc(/C=C2\N=C(c3ccc([N+](=O)[O-])cc3)OC2=O)ccc1OCc1ccc(Cl)cc1. The van der Waals surface area contributed by atoms with Gasteiger partial charge in [0, 0.05) is 22.7 Å². The smallest absolute Gasteiger partial charge is 0.363 e. The molecule has 1 heterocycles. The van der Waals surface area contributed by atoms with Crippen LogP contribution in [0, 0.1) is 10.1 Å². The molecule has 3 aromatic carbocycles. The highest BCUT2D eigenvalue weighted by atomic mass is 35.5. The third kappa shape index (κ3) is 5.19. The van der Waals surface area contributed by atoms with E-state index in [2.05, 4.69) is 4.99 Å². The Kier molecular flexibility index (Phi) is 6.37. The van der Waals surface area contributed by atoms with Crippen molar-refractivity contribution in [1.82, 2.24) is 0 Å². The van der Waals surface area contributed by atoms with Crippen LogP contribution < -0.4 is 9.47 Å². The fourth-order valence-electron chi connectivity index (χ4n) is 3.05. The van der Waals surface area contributed by atoms with Crippen LogP contribution in [0.4, 0.5) is 5.69 Å². The molecule has 0 saturated carbocycles. The molecule has 33 heavy (non-hydrogen) atoms. The number of carbonyl (C=O) groups is 1. The van der Waals surface area contributed by atoms with E-state index in [1.165, 1.54) is 31.4 Å². The molecule has 1 aliphatic rings. The molecule has 166 valence electrons.